The zero-order valence-electron chi connectivity index (χ0n) is 17.9. The number of aryl methyl sites for hydroxylation is 1. The average molecular weight is 430 g/mol. The van der Waals surface area contributed by atoms with E-state index in [1.165, 1.54) is 5.56 Å². The Labute approximate surface area is 182 Å². The van der Waals surface area contributed by atoms with Crippen molar-refractivity contribution in [2.24, 2.45) is 0 Å². The van der Waals surface area contributed by atoms with Crippen molar-refractivity contribution in [3.8, 4) is 11.4 Å². The average Bonchev–Trinajstić information content (AvgIpc) is 3.53. The van der Waals surface area contributed by atoms with Crippen LogP contribution in [-0.2, 0) is 16.0 Å². The molecule has 2 unspecified atom stereocenters. The van der Waals surface area contributed by atoms with Crippen LogP contribution in [0.2, 0.25) is 0 Å². The highest BCUT2D eigenvalue weighted by molar-refractivity contribution is 7.99. The summed E-state index contributed by atoms with van der Waals surface area (Å²) in [6.07, 6.45) is 4.25. The van der Waals surface area contributed by atoms with Crippen molar-refractivity contribution in [2.75, 3.05) is 24.7 Å². The van der Waals surface area contributed by atoms with Gasteiger partial charge in [-0.3, -0.25) is 4.79 Å². The van der Waals surface area contributed by atoms with E-state index in [0.717, 1.165) is 42.9 Å². The first-order chi connectivity index (χ1) is 14.6. The van der Waals surface area contributed by atoms with Crippen molar-refractivity contribution in [3.63, 3.8) is 0 Å². The Bertz CT molecular complexity index is 824. The molecule has 0 spiro atoms. The van der Waals surface area contributed by atoms with E-state index in [1.807, 2.05) is 23.9 Å². The molecule has 4 rings (SSSR count). The molecular weight excluding hydrogens is 398 g/mol. The van der Waals surface area contributed by atoms with E-state index in [9.17, 15) is 4.79 Å². The molecule has 2 aliphatic rings. The fourth-order valence-electron chi connectivity index (χ4n) is 4.08. The molecule has 162 valence electrons. The van der Waals surface area contributed by atoms with Crippen LogP contribution in [0.1, 0.15) is 56.9 Å². The van der Waals surface area contributed by atoms with Crippen molar-refractivity contribution in [2.45, 2.75) is 64.0 Å². The van der Waals surface area contributed by atoms with Crippen LogP contribution >= 0.6 is 11.8 Å². The van der Waals surface area contributed by atoms with Gasteiger partial charge in [0.05, 0.1) is 6.10 Å². The van der Waals surface area contributed by atoms with Crippen molar-refractivity contribution in [1.82, 2.24) is 15.0 Å². The van der Waals surface area contributed by atoms with E-state index in [4.69, 9.17) is 9.26 Å². The van der Waals surface area contributed by atoms with Crippen molar-refractivity contribution in [3.05, 3.63) is 35.7 Å². The second-order valence-electron chi connectivity index (χ2n) is 8.49. The molecule has 7 heteroatoms. The highest BCUT2D eigenvalue weighted by Crippen LogP contribution is 2.26. The Kier molecular flexibility index (Phi) is 7.10. The summed E-state index contributed by atoms with van der Waals surface area (Å²) in [4.78, 5) is 19.6. The molecular formula is C23H31N3O3S. The number of carbonyl (C=O) groups excluding carboxylic acids is 1. The van der Waals surface area contributed by atoms with Gasteiger partial charge in [-0.1, -0.05) is 43.3 Å². The molecule has 0 aliphatic carbocycles. The predicted molar refractivity (Wildman–Crippen MR) is 119 cm³/mol. The number of thioether (sulfide) groups is 1. The number of carbonyl (C=O) groups is 1. The van der Waals surface area contributed by atoms with Crippen LogP contribution in [0.25, 0.3) is 11.4 Å². The van der Waals surface area contributed by atoms with Crippen LogP contribution in [0.15, 0.2) is 28.8 Å². The van der Waals surface area contributed by atoms with Crippen molar-refractivity contribution >= 4 is 17.7 Å². The summed E-state index contributed by atoms with van der Waals surface area (Å²) in [6.45, 7) is 5.87. The Balaban J connectivity index is 1.36. The number of aromatic nitrogens is 2. The van der Waals surface area contributed by atoms with Gasteiger partial charge in [0, 0.05) is 43.4 Å². The summed E-state index contributed by atoms with van der Waals surface area (Å²) in [5.41, 5.74) is 2.22. The van der Waals surface area contributed by atoms with Gasteiger partial charge in [0.25, 0.3) is 0 Å². The van der Waals surface area contributed by atoms with E-state index in [-0.39, 0.29) is 12.0 Å². The van der Waals surface area contributed by atoms with Gasteiger partial charge in [-0.15, -0.1) is 0 Å². The summed E-state index contributed by atoms with van der Waals surface area (Å²) < 4.78 is 11.2. The Morgan fingerprint density at radius 2 is 2.10 bits per heavy atom. The molecule has 1 amide bonds. The molecule has 0 bridgehead atoms. The van der Waals surface area contributed by atoms with Gasteiger partial charge >= 0.3 is 0 Å². The molecule has 2 atom stereocenters. The monoisotopic (exact) mass is 429 g/mol. The third-order valence-corrected chi connectivity index (χ3v) is 7.09. The SMILES string of the molecule is CC(C)c1ccc(-c2noc(CCC(=O)N(CC3CCCO3)C3CCSC3)n2)cc1. The highest BCUT2D eigenvalue weighted by atomic mass is 32.2. The minimum absolute atomic E-state index is 0.166. The molecule has 1 aromatic heterocycles. The molecule has 30 heavy (non-hydrogen) atoms. The Morgan fingerprint density at radius 3 is 2.77 bits per heavy atom. The lowest BCUT2D eigenvalue weighted by Gasteiger charge is -2.30. The van der Waals surface area contributed by atoms with Gasteiger partial charge in [-0.05, 0) is 36.5 Å². The van der Waals surface area contributed by atoms with E-state index in [2.05, 4.69) is 41.0 Å². The standard InChI is InChI=1S/C23H31N3O3S/c1-16(2)17-5-7-18(8-6-17)23-24-21(29-25-23)9-10-22(27)26(19-11-13-30-15-19)14-20-4-3-12-28-20/h5-8,16,19-20H,3-4,9-15H2,1-2H3. The lowest BCUT2D eigenvalue weighted by molar-refractivity contribution is -0.134. The summed E-state index contributed by atoms with van der Waals surface area (Å²) in [6, 6.07) is 8.57. The van der Waals surface area contributed by atoms with E-state index in [0.29, 0.717) is 43.1 Å². The lowest BCUT2D eigenvalue weighted by atomic mass is 10.0. The van der Waals surface area contributed by atoms with Crippen molar-refractivity contribution < 1.29 is 14.1 Å². The zero-order chi connectivity index (χ0) is 20.9. The first-order valence-corrected chi connectivity index (χ1v) is 12.2. The zero-order valence-corrected chi connectivity index (χ0v) is 18.7. The number of amides is 1. The summed E-state index contributed by atoms with van der Waals surface area (Å²) in [7, 11) is 0. The van der Waals surface area contributed by atoms with Crippen LogP contribution in [0, 0.1) is 0 Å². The lowest BCUT2D eigenvalue weighted by Crippen LogP contribution is -2.44. The molecule has 0 radical (unpaired) electrons. The maximum absolute atomic E-state index is 13.0. The topological polar surface area (TPSA) is 68.5 Å². The first-order valence-electron chi connectivity index (χ1n) is 11.0. The molecule has 3 heterocycles. The molecule has 0 saturated carbocycles. The molecule has 0 N–H and O–H groups in total. The second-order valence-corrected chi connectivity index (χ2v) is 9.64. The van der Waals surface area contributed by atoms with E-state index >= 15 is 0 Å². The van der Waals surface area contributed by atoms with Crippen LogP contribution in [0.5, 0.6) is 0 Å². The third-order valence-electron chi connectivity index (χ3n) is 5.95. The fraction of sp³-hybridized carbons (Fsp3) is 0.609. The second kappa shape index (κ2) is 9.96. The van der Waals surface area contributed by atoms with Gasteiger partial charge in [-0.25, -0.2) is 0 Å². The third kappa shape index (κ3) is 5.24. The van der Waals surface area contributed by atoms with Crippen molar-refractivity contribution in [1.29, 1.82) is 0 Å². The van der Waals surface area contributed by atoms with Crippen LogP contribution < -0.4 is 0 Å². The maximum atomic E-state index is 13.0. The maximum Gasteiger partial charge on any atom is 0.227 e. The quantitative estimate of drug-likeness (QED) is 0.623. The molecule has 2 saturated heterocycles. The highest BCUT2D eigenvalue weighted by Gasteiger charge is 2.30. The molecule has 1 aromatic carbocycles. The minimum atomic E-state index is 0.166. The first kappa shape index (κ1) is 21.4. The Hall–Kier alpha value is -1.86. The van der Waals surface area contributed by atoms with Gasteiger partial charge < -0.3 is 14.2 Å². The van der Waals surface area contributed by atoms with Crippen LogP contribution in [0.4, 0.5) is 0 Å². The minimum Gasteiger partial charge on any atom is -0.376 e. The number of ether oxygens (including phenoxy) is 1. The van der Waals surface area contributed by atoms with Gasteiger partial charge in [0.15, 0.2) is 0 Å². The molecule has 2 aliphatic heterocycles. The smallest absolute Gasteiger partial charge is 0.227 e. The van der Waals surface area contributed by atoms with E-state index < -0.39 is 0 Å². The van der Waals surface area contributed by atoms with Gasteiger partial charge in [0.1, 0.15) is 0 Å². The number of nitrogens with zero attached hydrogens (tertiary/aromatic N) is 3. The number of rotatable bonds is 8. The normalized spacial score (nSPS) is 21.4. The summed E-state index contributed by atoms with van der Waals surface area (Å²) in [5.74, 6) is 3.90. The number of hydrogen-bond acceptors (Lipinski definition) is 6. The molecule has 2 fully saturated rings. The van der Waals surface area contributed by atoms with Gasteiger partial charge in [-0.2, -0.15) is 16.7 Å². The van der Waals surface area contributed by atoms with Crippen LogP contribution in [-0.4, -0.2) is 57.8 Å². The van der Waals surface area contributed by atoms with E-state index in [1.54, 1.807) is 0 Å². The molecule has 6 nitrogen and oxygen atoms in total. The largest absolute Gasteiger partial charge is 0.376 e. The Morgan fingerprint density at radius 1 is 1.27 bits per heavy atom. The summed E-state index contributed by atoms with van der Waals surface area (Å²) >= 11 is 1.93. The fourth-order valence-corrected chi connectivity index (χ4v) is 5.30. The summed E-state index contributed by atoms with van der Waals surface area (Å²) in [5, 5.41) is 4.11. The predicted octanol–water partition coefficient (Wildman–Crippen LogP) is 4.31. The molecule has 2 aromatic rings. The van der Waals surface area contributed by atoms with Gasteiger partial charge in [0.2, 0.25) is 17.6 Å². The number of benzene rings is 1. The number of hydrogen-bond donors (Lipinski definition) is 0. The van der Waals surface area contributed by atoms with Crippen LogP contribution in [0.3, 0.4) is 0 Å².